The normalized spacial score (nSPS) is 14.6. The minimum atomic E-state index is -1.22. The van der Waals surface area contributed by atoms with Crippen molar-refractivity contribution in [2.45, 2.75) is 71.8 Å². The molecule has 0 aromatic heterocycles. The van der Waals surface area contributed by atoms with Crippen LogP contribution in [0, 0.1) is 0 Å². The van der Waals surface area contributed by atoms with Crippen LogP contribution < -0.4 is 10.6 Å². The standard InChI is InChI=1S/C15H28N2O6/c1-9(22-14(2,3)4)11(12(19)20)17-10(18)8-16-13(21)23-15(5,6)7/h9,11H,8H2,1-7H3,(H,16,21)(H,17,18)(H,19,20)/t9-,11+/m1/s1. The second-order valence-corrected chi connectivity index (χ2v) is 7.17. The second kappa shape index (κ2) is 8.14. The first-order chi connectivity index (χ1) is 10.2. The van der Waals surface area contributed by atoms with Crippen molar-refractivity contribution in [1.29, 1.82) is 0 Å². The lowest BCUT2D eigenvalue weighted by molar-refractivity contribution is -0.150. The Morgan fingerprint density at radius 1 is 1.04 bits per heavy atom. The maximum absolute atomic E-state index is 11.8. The van der Waals surface area contributed by atoms with Gasteiger partial charge in [0.1, 0.15) is 12.1 Å². The highest BCUT2D eigenvalue weighted by molar-refractivity contribution is 5.86. The number of carboxylic acid groups (broad SMARTS) is 1. The van der Waals surface area contributed by atoms with Gasteiger partial charge in [-0.15, -0.1) is 0 Å². The molecule has 8 nitrogen and oxygen atoms in total. The zero-order valence-electron chi connectivity index (χ0n) is 14.9. The zero-order chi connectivity index (χ0) is 18.4. The van der Waals surface area contributed by atoms with Crippen molar-refractivity contribution in [2.75, 3.05) is 6.54 Å². The fourth-order valence-corrected chi connectivity index (χ4v) is 1.70. The van der Waals surface area contributed by atoms with Crippen LogP contribution >= 0.6 is 0 Å². The fraction of sp³-hybridized carbons (Fsp3) is 0.800. The highest BCUT2D eigenvalue weighted by Crippen LogP contribution is 2.13. The molecule has 0 spiro atoms. The summed E-state index contributed by atoms with van der Waals surface area (Å²) in [6.07, 6.45) is -1.49. The van der Waals surface area contributed by atoms with Gasteiger partial charge >= 0.3 is 12.1 Å². The van der Waals surface area contributed by atoms with Crippen LogP contribution in [0.5, 0.6) is 0 Å². The molecule has 0 unspecified atom stereocenters. The third-order valence-electron chi connectivity index (χ3n) is 2.38. The summed E-state index contributed by atoms with van der Waals surface area (Å²) in [5.74, 6) is -1.86. The highest BCUT2D eigenvalue weighted by Gasteiger charge is 2.30. The summed E-state index contributed by atoms with van der Waals surface area (Å²) >= 11 is 0. The van der Waals surface area contributed by atoms with Crippen LogP contribution in [0.3, 0.4) is 0 Å². The Morgan fingerprint density at radius 3 is 1.96 bits per heavy atom. The minimum absolute atomic E-state index is 0.388. The first kappa shape index (κ1) is 21.2. The number of aliphatic carboxylic acids is 1. The Kier molecular flexibility index (Phi) is 7.50. The van der Waals surface area contributed by atoms with Crippen molar-refractivity contribution in [2.24, 2.45) is 0 Å². The molecule has 0 aliphatic rings. The molecule has 0 aromatic rings. The smallest absolute Gasteiger partial charge is 0.408 e. The van der Waals surface area contributed by atoms with Crippen LogP contribution in [0.4, 0.5) is 4.79 Å². The quantitative estimate of drug-likeness (QED) is 0.675. The molecule has 0 saturated carbocycles. The Balaban J connectivity index is 4.52. The fourth-order valence-electron chi connectivity index (χ4n) is 1.70. The molecule has 0 aliphatic heterocycles. The molecule has 0 aromatic carbocycles. The maximum atomic E-state index is 11.8. The van der Waals surface area contributed by atoms with Gasteiger partial charge in [0, 0.05) is 0 Å². The van der Waals surface area contributed by atoms with E-state index in [2.05, 4.69) is 10.6 Å². The summed E-state index contributed by atoms with van der Waals surface area (Å²) < 4.78 is 10.5. The van der Waals surface area contributed by atoms with Crippen LogP contribution in [0.15, 0.2) is 0 Å². The van der Waals surface area contributed by atoms with E-state index < -0.39 is 41.3 Å². The Hall–Kier alpha value is -1.83. The van der Waals surface area contributed by atoms with Crippen LogP contribution in [-0.4, -0.2) is 53.0 Å². The maximum Gasteiger partial charge on any atom is 0.408 e. The second-order valence-electron chi connectivity index (χ2n) is 7.17. The van der Waals surface area contributed by atoms with Crippen LogP contribution in [0.1, 0.15) is 48.5 Å². The molecule has 8 heteroatoms. The number of alkyl carbamates (subject to hydrolysis) is 1. The Morgan fingerprint density at radius 2 is 1.57 bits per heavy atom. The minimum Gasteiger partial charge on any atom is -0.480 e. The lowest BCUT2D eigenvalue weighted by Gasteiger charge is -2.29. The van der Waals surface area contributed by atoms with Crippen LogP contribution in [0.25, 0.3) is 0 Å². The van der Waals surface area contributed by atoms with E-state index in [4.69, 9.17) is 9.47 Å². The SMILES string of the molecule is C[C@@H](OC(C)(C)C)[C@H](NC(=O)CNC(=O)OC(C)(C)C)C(=O)O. The van der Waals surface area contributed by atoms with E-state index in [1.807, 2.05) is 0 Å². The van der Waals surface area contributed by atoms with Crippen molar-refractivity contribution in [3.05, 3.63) is 0 Å². The number of carbonyl (C=O) groups is 3. The van der Waals surface area contributed by atoms with E-state index in [1.165, 1.54) is 0 Å². The van der Waals surface area contributed by atoms with Gasteiger partial charge in [0.15, 0.2) is 6.04 Å². The summed E-state index contributed by atoms with van der Waals surface area (Å²) in [6, 6.07) is -1.22. The average Bonchev–Trinajstić information content (AvgIpc) is 2.28. The number of hydrogen-bond acceptors (Lipinski definition) is 5. The van der Waals surface area contributed by atoms with Crippen molar-refractivity contribution >= 4 is 18.0 Å². The molecule has 2 atom stereocenters. The van der Waals surface area contributed by atoms with Gasteiger partial charge in [-0.05, 0) is 48.5 Å². The molecule has 23 heavy (non-hydrogen) atoms. The summed E-state index contributed by atoms with van der Waals surface area (Å²) in [5.41, 5.74) is -1.23. The molecule has 0 heterocycles. The third kappa shape index (κ3) is 10.5. The van der Waals surface area contributed by atoms with E-state index in [-0.39, 0.29) is 6.54 Å². The molecule has 2 amide bonds. The topological polar surface area (TPSA) is 114 Å². The molecular weight excluding hydrogens is 304 g/mol. The number of carbonyl (C=O) groups excluding carboxylic acids is 2. The van der Waals surface area contributed by atoms with E-state index in [0.29, 0.717) is 0 Å². The number of rotatable bonds is 6. The number of ether oxygens (including phenoxy) is 2. The van der Waals surface area contributed by atoms with Gasteiger partial charge in [-0.3, -0.25) is 4.79 Å². The van der Waals surface area contributed by atoms with E-state index in [0.717, 1.165) is 0 Å². The molecule has 0 bridgehead atoms. The lowest BCUT2D eigenvalue weighted by Crippen LogP contribution is -2.52. The largest absolute Gasteiger partial charge is 0.480 e. The van der Waals surface area contributed by atoms with E-state index >= 15 is 0 Å². The summed E-state index contributed by atoms with van der Waals surface area (Å²) in [5, 5.41) is 13.8. The molecule has 3 N–H and O–H groups in total. The van der Waals surface area contributed by atoms with Gasteiger partial charge < -0.3 is 25.2 Å². The number of nitrogens with one attached hydrogen (secondary N) is 2. The van der Waals surface area contributed by atoms with Gasteiger partial charge in [0.25, 0.3) is 0 Å². The molecule has 0 aliphatic carbocycles. The van der Waals surface area contributed by atoms with Gasteiger partial charge in [0.05, 0.1) is 11.7 Å². The zero-order valence-corrected chi connectivity index (χ0v) is 14.9. The molecule has 0 saturated heterocycles. The average molecular weight is 332 g/mol. The number of amides is 2. The highest BCUT2D eigenvalue weighted by atomic mass is 16.6. The predicted octanol–water partition coefficient (Wildman–Crippen LogP) is 1.28. The Bertz CT molecular complexity index is 436. The van der Waals surface area contributed by atoms with Gasteiger partial charge in [0.2, 0.25) is 5.91 Å². The van der Waals surface area contributed by atoms with Crippen molar-refractivity contribution in [3.63, 3.8) is 0 Å². The third-order valence-corrected chi connectivity index (χ3v) is 2.38. The van der Waals surface area contributed by atoms with Gasteiger partial charge in [-0.25, -0.2) is 9.59 Å². The van der Waals surface area contributed by atoms with Gasteiger partial charge in [-0.2, -0.15) is 0 Å². The van der Waals surface area contributed by atoms with E-state index in [1.54, 1.807) is 48.5 Å². The number of carboxylic acids is 1. The summed E-state index contributed by atoms with van der Waals surface area (Å²) in [4.78, 5) is 34.5. The molecule has 134 valence electrons. The van der Waals surface area contributed by atoms with Crippen molar-refractivity contribution in [1.82, 2.24) is 10.6 Å². The first-order valence-electron chi connectivity index (χ1n) is 7.38. The summed E-state index contributed by atoms with van der Waals surface area (Å²) in [6.45, 7) is 11.6. The van der Waals surface area contributed by atoms with Crippen LogP contribution in [-0.2, 0) is 19.1 Å². The molecule has 0 rings (SSSR count). The van der Waals surface area contributed by atoms with Gasteiger partial charge in [-0.1, -0.05) is 0 Å². The molecule has 0 fully saturated rings. The van der Waals surface area contributed by atoms with E-state index in [9.17, 15) is 19.5 Å². The Labute approximate surface area is 136 Å². The monoisotopic (exact) mass is 332 g/mol. The van der Waals surface area contributed by atoms with Crippen LogP contribution in [0.2, 0.25) is 0 Å². The summed E-state index contributed by atoms with van der Waals surface area (Å²) in [7, 11) is 0. The van der Waals surface area contributed by atoms with Crippen molar-refractivity contribution < 1.29 is 29.0 Å². The lowest BCUT2D eigenvalue weighted by atomic mass is 10.1. The first-order valence-corrected chi connectivity index (χ1v) is 7.38. The predicted molar refractivity (Wildman–Crippen MR) is 84.1 cm³/mol. The molecule has 0 radical (unpaired) electrons. The number of hydrogen-bond donors (Lipinski definition) is 3. The molecular formula is C15H28N2O6. The van der Waals surface area contributed by atoms with Crippen molar-refractivity contribution in [3.8, 4) is 0 Å².